The van der Waals surface area contributed by atoms with Crippen molar-refractivity contribution in [3.05, 3.63) is 23.5 Å². The van der Waals surface area contributed by atoms with Crippen LogP contribution in [0.4, 0.5) is 5.82 Å². The molecule has 21 heavy (non-hydrogen) atoms. The molecule has 2 aromatic heterocycles. The lowest BCUT2D eigenvalue weighted by Crippen LogP contribution is -2.16. The van der Waals surface area contributed by atoms with Crippen molar-refractivity contribution in [2.75, 3.05) is 11.9 Å². The zero-order valence-corrected chi connectivity index (χ0v) is 12.0. The van der Waals surface area contributed by atoms with Crippen LogP contribution in [0.25, 0.3) is 0 Å². The Hall–Kier alpha value is -2.22. The van der Waals surface area contributed by atoms with Gasteiger partial charge < -0.3 is 15.2 Å². The van der Waals surface area contributed by atoms with E-state index in [1.165, 1.54) is 0 Å². The number of nitrogens with zero attached hydrogens (tertiary/aromatic N) is 3. The van der Waals surface area contributed by atoms with Crippen molar-refractivity contribution < 1.29 is 9.32 Å². The van der Waals surface area contributed by atoms with E-state index in [0.717, 1.165) is 25.1 Å². The number of nitrogens with one attached hydrogen (secondary N) is 3. The van der Waals surface area contributed by atoms with Crippen LogP contribution in [0, 0.1) is 0 Å². The average molecular weight is 290 g/mol. The summed E-state index contributed by atoms with van der Waals surface area (Å²) in [5, 5.41) is 16.5. The van der Waals surface area contributed by atoms with Gasteiger partial charge in [-0.1, -0.05) is 19.0 Å². The summed E-state index contributed by atoms with van der Waals surface area (Å²) >= 11 is 0. The summed E-state index contributed by atoms with van der Waals surface area (Å²) in [6, 6.07) is 1.85. The minimum atomic E-state index is -0.426. The molecular weight excluding hydrogens is 272 g/mol. The molecule has 0 radical (unpaired) electrons. The molecule has 0 saturated carbocycles. The van der Waals surface area contributed by atoms with Crippen LogP contribution < -0.4 is 10.6 Å². The molecule has 1 aliphatic rings. The number of rotatable bonds is 4. The van der Waals surface area contributed by atoms with E-state index < -0.39 is 5.91 Å². The summed E-state index contributed by atoms with van der Waals surface area (Å²) in [4.78, 5) is 16.2. The van der Waals surface area contributed by atoms with Gasteiger partial charge in [0.25, 0.3) is 11.7 Å². The number of aromatic amines is 1. The Bertz CT molecular complexity index is 626. The van der Waals surface area contributed by atoms with E-state index in [1.807, 2.05) is 13.8 Å². The summed E-state index contributed by atoms with van der Waals surface area (Å²) in [5.41, 5.74) is 0.953. The number of amides is 1. The molecule has 1 aliphatic heterocycles. The Labute approximate surface area is 121 Å². The third kappa shape index (κ3) is 2.94. The summed E-state index contributed by atoms with van der Waals surface area (Å²) < 4.78 is 5.14. The number of hydrogen-bond acceptors (Lipinski definition) is 6. The van der Waals surface area contributed by atoms with Gasteiger partial charge in [-0.3, -0.25) is 9.89 Å². The first-order chi connectivity index (χ1) is 10.1. The lowest BCUT2D eigenvalue weighted by Gasteiger charge is -2.01. The molecule has 3 rings (SSSR count). The highest BCUT2D eigenvalue weighted by Gasteiger charge is 2.24. The lowest BCUT2D eigenvalue weighted by atomic mass is 10.1. The van der Waals surface area contributed by atoms with Gasteiger partial charge in [-0.25, -0.2) is 0 Å². The SMILES string of the molecule is CC(C)c1cc(NC(=O)c2noc(C3CCCN3)n2)n[nH]1. The summed E-state index contributed by atoms with van der Waals surface area (Å²) in [7, 11) is 0. The molecule has 0 bridgehead atoms. The minimum absolute atomic E-state index is 0.0211. The first-order valence-electron chi connectivity index (χ1n) is 7.07. The Morgan fingerprint density at radius 3 is 3.05 bits per heavy atom. The van der Waals surface area contributed by atoms with Gasteiger partial charge in [0.15, 0.2) is 5.82 Å². The van der Waals surface area contributed by atoms with Gasteiger partial charge in [-0.05, 0) is 25.3 Å². The fraction of sp³-hybridized carbons (Fsp3) is 0.538. The van der Waals surface area contributed by atoms with E-state index in [9.17, 15) is 4.79 Å². The smallest absolute Gasteiger partial charge is 0.298 e. The van der Waals surface area contributed by atoms with Gasteiger partial charge in [0.1, 0.15) is 0 Å². The zero-order chi connectivity index (χ0) is 14.8. The van der Waals surface area contributed by atoms with Crippen LogP contribution >= 0.6 is 0 Å². The van der Waals surface area contributed by atoms with Crippen LogP contribution in [0.2, 0.25) is 0 Å². The van der Waals surface area contributed by atoms with Crippen LogP contribution in [0.5, 0.6) is 0 Å². The van der Waals surface area contributed by atoms with Crippen molar-refractivity contribution in [3.8, 4) is 0 Å². The molecular formula is C13H18N6O2. The maximum Gasteiger partial charge on any atom is 0.298 e. The highest BCUT2D eigenvalue weighted by molar-refractivity contribution is 6.00. The predicted molar refractivity (Wildman–Crippen MR) is 74.9 cm³/mol. The molecule has 2 aromatic rings. The Balaban J connectivity index is 1.67. The summed E-state index contributed by atoms with van der Waals surface area (Å²) in [6.45, 7) is 5.01. The van der Waals surface area contributed by atoms with E-state index in [0.29, 0.717) is 17.6 Å². The summed E-state index contributed by atoms with van der Waals surface area (Å²) in [6.07, 6.45) is 2.01. The summed E-state index contributed by atoms with van der Waals surface area (Å²) in [5.74, 6) is 0.822. The Morgan fingerprint density at radius 1 is 1.52 bits per heavy atom. The van der Waals surface area contributed by atoms with Gasteiger partial charge in [0, 0.05) is 11.8 Å². The van der Waals surface area contributed by atoms with E-state index in [-0.39, 0.29) is 11.9 Å². The second-order valence-corrected chi connectivity index (χ2v) is 5.42. The fourth-order valence-corrected chi connectivity index (χ4v) is 2.23. The monoisotopic (exact) mass is 290 g/mol. The molecule has 1 amide bonds. The van der Waals surface area contributed by atoms with E-state index in [4.69, 9.17) is 4.52 Å². The van der Waals surface area contributed by atoms with Gasteiger partial charge in [0.05, 0.1) is 6.04 Å². The predicted octanol–water partition coefficient (Wildman–Crippen LogP) is 1.59. The molecule has 1 unspecified atom stereocenters. The fourth-order valence-electron chi connectivity index (χ4n) is 2.23. The van der Waals surface area contributed by atoms with Crippen LogP contribution in [-0.4, -0.2) is 32.8 Å². The van der Waals surface area contributed by atoms with E-state index in [1.54, 1.807) is 6.07 Å². The molecule has 112 valence electrons. The molecule has 1 fully saturated rings. The zero-order valence-electron chi connectivity index (χ0n) is 12.0. The van der Waals surface area contributed by atoms with Crippen molar-refractivity contribution in [2.24, 2.45) is 0 Å². The topological polar surface area (TPSA) is 109 Å². The number of anilines is 1. The van der Waals surface area contributed by atoms with Crippen LogP contribution in [0.1, 0.15) is 60.9 Å². The molecule has 0 spiro atoms. The van der Waals surface area contributed by atoms with Crippen molar-refractivity contribution in [1.29, 1.82) is 0 Å². The number of carbonyl (C=O) groups excluding carboxylic acids is 1. The molecule has 0 aliphatic carbocycles. The maximum atomic E-state index is 12.1. The Morgan fingerprint density at radius 2 is 2.38 bits per heavy atom. The first kappa shape index (κ1) is 13.7. The van der Waals surface area contributed by atoms with Gasteiger partial charge in [-0.15, -0.1) is 0 Å². The lowest BCUT2D eigenvalue weighted by molar-refractivity contribution is 0.101. The molecule has 8 heteroatoms. The second kappa shape index (κ2) is 5.65. The third-order valence-corrected chi connectivity index (χ3v) is 3.46. The number of H-pyrrole nitrogens is 1. The van der Waals surface area contributed by atoms with Crippen molar-refractivity contribution in [2.45, 2.75) is 38.6 Å². The maximum absolute atomic E-state index is 12.1. The quantitative estimate of drug-likeness (QED) is 0.789. The number of carbonyl (C=O) groups is 1. The Kier molecular flexibility index (Phi) is 3.70. The van der Waals surface area contributed by atoms with Crippen molar-refractivity contribution in [3.63, 3.8) is 0 Å². The third-order valence-electron chi connectivity index (χ3n) is 3.46. The van der Waals surface area contributed by atoms with E-state index >= 15 is 0 Å². The normalized spacial score (nSPS) is 18.3. The molecule has 0 aromatic carbocycles. The second-order valence-electron chi connectivity index (χ2n) is 5.42. The standard InChI is InChI=1S/C13H18N6O2/c1-7(2)9-6-10(18-17-9)15-12(20)11-16-13(21-19-11)8-4-3-5-14-8/h6-8,14H,3-5H2,1-2H3,(H2,15,17,18,20). The van der Waals surface area contributed by atoms with Gasteiger partial charge in [-0.2, -0.15) is 10.1 Å². The van der Waals surface area contributed by atoms with Gasteiger partial charge in [0.2, 0.25) is 5.89 Å². The minimum Gasteiger partial charge on any atom is -0.337 e. The number of hydrogen-bond donors (Lipinski definition) is 3. The van der Waals surface area contributed by atoms with Gasteiger partial charge >= 0.3 is 0 Å². The average Bonchev–Trinajstić information content (AvgIpc) is 3.19. The van der Waals surface area contributed by atoms with Crippen LogP contribution in [0.15, 0.2) is 10.6 Å². The van der Waals surface area contributed by atoms with Crippen LogP contribution in [-0.2, 0) is 0 Å². The van der Waals surface area contributed by atoms with Crippen LogP contribution in [0.3, 0.4) is 0 Å². The molecule has 3 heterocycles. The molecule has 8 nitrogen and oxygen atoms in total. The highest BCUT2D eigenvalue weighted by Crippen LogP contribution is 2.21. The first-order valence-corrected chi connectivity index (χ1v) is 7.07. The van der Waals surface area contributed by atoms with Crippen molar-refractivity contribution in [1.82, 2.24) is 25.7 Å². The molecule has 1 atom stereocenters. The van der Waals surface area contributed by atoms with E-state index in [2.05, 4.69) is 31.0 Å². The largest absolute Gasteiger partial charge is 0.337 e. The van der Waals surface area contributed by atoms with Crippen molar-refractivity contribution >= 4 is 11.7 Å². The number of aromatic nitrogens is 4. The molecule has 3 N–H and O–H groups in total. The highest BCUT2D eigenvalue weighted by atomic mass is 16.5. The molecule has 1 saturated heterocycles.